The zero-order valence-electron chi connectivity index (χ0n) is 13.6. The summed E-state index contributed by atoms with van der Waals surface area (Å²) in [6.07, 6.45) is 3.18. The van der Waals surface area contributed by atoms with E-state index < -0.39 is 0 Å². The van der Waals surface area contributed by atoms with Gasteiger partial charge in [-0.2, -0.15) is 0 Å². The molecule has 0 saturated heterocycles. The van der Waals surface area contributed by atoms with Crippen molar-refractivity contribution in [3.63, 3.8) is 0 Å². The van der Waals surface area contributed by atoms with Crippen LogP contribution in [0.25, 0.3) is 5.57 Å². The molecular weight excluding hydrogens is 391 g/mol. The summed E-state index contributed by atoms with van der Waals surface area (Å²) < 4.78 is 0. The first kappa shape index (κ1) is 18.8. The van der Waals surface area contributed by atoms with E-state index in [2.05, 4.69) is 61.0 Å². The van der Waals surface area contributed by atoms with Gasteiger partial charge in [0, 0.05) is 17.2 Å². The molecule has 0 radical (unpaired) electrons. The SMILES string of the molecule is CCC(C)C(=O)c1cccc(C)c1/C(C)=C\C(C)CSI. The minimum absolute atomic E-state index is 0.0840. The van der Waals surface area contributed by atoms with Gasteiger partial charge in [-0.1, -0.05) is 54.0 Å². The molecule has 0 heterocycles. The Kier molecular flexibility index (Phi) is 8.03. The largest absolute Gasteiger partial charge is 0.294 e. The minimum Gasteiger partial charge on any atom is -0.294 e. The number of carbonyl (C=O) groups excluding carboxylic acids is 1. The quantitative estimate of drug-likeness (QED) is 0.381. The fourth-order valence-electron chi connectivity index (χ4n) is 2.50. The first-order chi connectivity index (χ1) is 9.92. The van der Waals surface area contributed by atoms with Crippen LogP contribution in [0.3, 0.4) is 0 Å². The number of allylic oxidation sites excluding steroid dienone is 2. The summed E-state index contributed by atoms with van der Waals surface area (Å²) in [5.74, 6) is 1.96. The number of benzene rings is 1. The fourth-order valence-corrected chi connectivity index (χ4v) is 4.50. The molecule has 0 saturated carbocycles. The van der Waals surface area contributed by atoms with E-state index in [1.165, 1.54) is 11.1 Å². The molecule has 0 aliphatic carbocycles. The Balaban J connectivity index is 3.25. The molecule has 3 heteroatoms. The van der Waals surface area contributed by atoms with E-state index in [0.29, 0.717) is 5.92 Å². The molecule has 0 fully saturated rings. The van der Waals surface area contributed by atoms with Gasteiger partial charge < -0.3 is 0 Å². The summed E-state index contributed by atoms with van der Waals surface area (Å²) in [4.78, 5) is 12.6. The molecule has 1 nitrogen and oxygen atoms in total. The summed E-state index contributed by atoms with van der Waals surface area (Å²) in [6, 6.07) is 6.07. The topological polar surface area (TPSA) is 17.1 Å². The van der Waals surface area contributed by atoms with Gasteiger partial charge in [-0.25, -0.2) is 0 Å². The Labute approximate surface area is 145 Å². The molecule has 0 spiro atoms. The van der Waals surface area contributed by atoms with Crippen LogP contribution in [0.4, 0.5) is 0 Å². The maximum Gasteiger partial charge on any atom is 0.166 e. The number of hydrogen-bond acceptors (Lipinski definition) is 2. The zero-order chi connectivity index (χ0) is 16.0. The van der Waals surface area contributed by atoms with Crippen LogP contribution in [0.1, 0.15) is 55.6 Å². The Morgan fingerprint density at radius 3 is 2.62 bits per heavy atom. The Bertz CT molecular complexity index is 522. The van der Waals surface area contributed by atoms with Gasteiger partial charge in [-0.05, 0) is 64.1 Å². The third-order valence-electron chi connectivity index (χ3n) is 3.85. The number of rotatable bonds is 7. The van der Waals surface area contributed by atoms with Crippen molar-refractivity contribution in [1.29, 1.82) is 0 Å². The molecule has 2 unspecified atom stereocenters. The lowest BCUT2D eigenvalue weighted by Crippen LogP contribution is -2.13. The van der Waals surface area contributed by atoms with Gasteiger partial charge in [0.05, 0.1) is 0 Å². The van der Waals surface area contributed by atoms with Crippen LogP contribution >= 0.6 is 30.1 Å². The number of hydrogen-bond donors (Lipinski definition) is 0. The lowest BCUT2D eigenvalue weighted by atomic mass is 9.87. The van der Waals surface area contributed by atoms with Crippen molar-refractivity contribution in [3.8, 4) is 0 Å². The number of carbonyl (C=O) groups is 1. The highest BCUT2D eigenvalue weighted by Gasteiger charge is 2.19. The lowest BCUT2D eigenvalue weighted by Gasteiger charge is -2.16. The highest BCUT2D eigenvalue weighted by Crippen LogP contribution is 2.28. The van der Waals surface area contributed by atoms with Crippen molar-refractivity contribution < 1.29 is 4.79 Å². The van der Waals surface area contributed by atoms with Crippen molar-refractivity contribution in [1.82, 2.24) is 0 Å². The van der Waals surface area contributed by atoms with Gasteiger partial charge in [0.1, 0.15) is 0 Å². The molecule has 116 valence electrons. The van der Waals surface area contributed by atoms with Gasteiger partial charge in [-0.3, -0.25) is 4.79 Å². The molecule has 0 N–H and O–H groups in total. The molecule has 2 atom stereocenters. The Hall–Kier alpha value is -0.290. The molecule has 1 rings (SSSR count). The summed E-state index contributed by atoms with van der Waals surface area (Å²) in [5.41, 5.74) is 4.42. The number of Topliss-reactive ketones (excluding diaryl/α,β-unsaturated/α-hetero) is 1. The number of halogens is 1. The van der Waals surface area contributed by atoms with Crippen molar-refractivity contribution in [3.05, 3.63) is 41.0 Å². The highest BCUT2D eigenvalue weighted by atomic mass is 127. The van der Waals surface area contributed by atoms with Gasteiger partial charge in [0.2, 0.25) is 0 Å². The Morgan fingerprint density at radius 2 is 2.05 bits per heavy atom. The minimum atomic E-state index is 0.0840. The predicted octanol–water partition coefficient (Wildman–Crippen LogP) is 6.35. The van der Waals surface area contributed by atoms with Gasteiger partial charge in [0.15, 0.2) is 5.78 Å². The number of aryl methyl sites for hydroxylation is 1. The van der Waals surface area contributed by atoms with E-state index in [4.69, 9.17) is 0 Å². The van der Waals surface area contributed by atoms with E-state index in [1.54, 1.807) is 0 Å². The van der Waals surface area contributed by atoms with Crippen LogP contribution in [-0.2, 0) is 0 Å². The second-order valence-corrected chi connectivity index (χ2v) is 8.19. The zero-order valence-corrected chi connectivity index (χ0v) is 16.5. The summed E-state index contributed by atoms with van der Waals surface area (Å²) in [6.45, 7) is 10.5. The normalized spacial score (nSPS) is 14.9. The number of ketones is 1. The Morgan fingerprint density at radius 1 is 1.38 bits per heavy atom. The lowest BCUT2D eigenvalue weighted by molar-refractivity contribution is 0.0927. The molecular formula is C18H25IOS. The van der Waals surface area contributed by atoms with E-state index in [1.807, 2.05) is 28.0 Å². The third kappa shape index (κ3) is 5.13. The molecule has 0 aliphatic heterocycles. The predicted molar refractivity (Wildman–Crippen MR) is 104 cm³/mol. The first-order valence-electron chi connectivity index (χ1n) is 7.48. The molecule has 0 aromatic heterocycles. The molecule has 1 aromatic carbocycles. The van der Waals surface area contributed by atoms with Crippen LogP contribution in [0.5, 0.6) is 0 Å². The van der Waals surface area contributed by atoms with Crippen LogP contribution in [0.15, 0.2) is 24.3 Å². The monoisotopic (exact) mass is 416 g/mol. The van der Waals surface area contributed by atoms with E-state index in [9.17, 15) is 4.79 Å². The molecule has 0 aliphatic rings. The summed E-state index contributed by atoms with van der Waals surface area (Å²) in [7, 11) is 1.83. The maximum absolute atomic E-state index is 12.6. The van der Waals surface area contributed by atoms with Crippen LogP contribution in [0, 0.1) is 18.8 Å². The van der Waals surface area contributed by atoms with E-state index in [0.717, 1.165) is 23.3 Å². The van der Waals surface area contributed by atoms with Crippen molar-refractivity contribution in [2.75, 3.05) is 5.75 Å². The molecule has 0 bridgehead atoms. The molecule has 1 aromatic rings. The second-order valence-electron chi connectivity index (χ2n) is 5.77. The maximum atomic E-state index is 12.6. The van der Waals surface area contributed by atoms with Gasteiger partial charge in [0.25, 0.3) is 0 Å². The van der Waals surface area contributed by atoms with Gasteiger partial charge in [-0.15, -0.1) is 0 Å². The van der Waals surface area contributed by atoms with Crippen molar-refractivity contribution >= 4 is 41.5 Å². The van der Waals surface area contributed by atoms with Gasteiger partial charge >= 0.3 is 0 Å². The summed E-state index contributed by atoms with van der Waals surface area (Å²) in [5, 5.41) is 0. The average molecular weight is 416 g/mol. The highest BCUT2D eigenvalue weighted by molar-refractivity contribution is 14.2. The first-order valence-corrected chi connectivity index (χ1v) is 11.0. The standard InChI is InChI=1S/C18H25IOS/c1-6-13(3)18(20)16-9-7-8-14(4)17(16)15(5)10-12(2)11-21-19/h7-10,12-13H,6,11H2,1-5H3/b15-10-. The van der Waals surface area contributed by atoms with Crippen molar-refractivity contribution in [2.45, 2.75) is 41.0 Å². The van der Waals surface area contributed by atoms with Crippen LogP contribution in [0.2, 0.25) is 0 Å². The van der Waals surface area contributed by atoms with E-state index >= 15 is 0 Å². The average Bonchev–Trinajstić information content (AvgIpc) is 2.45. The summed E-state index contributed by atoms with van der Waals surface area (Å²) >= 11 is 2.34. The van der Waals surface area contributed by atoms with E-state index in [-0.39, 0.29) is 11.7 Å². The fraction of sp³-hybridized carbons (Fsp3) is 0.500. The van der Waals surface area contributed by atoms with Crippen LogP contribution in [-0.4, -0.2) is 11.5 Å². The van der Waals surface area contributed by atoms with Crippen molar-refractivity contribution in [2.24, 2.45) is 11.8 Å². The second kappa shape index (κ2) is 8.99. The molecule has 0 amide bonds. The molecule has 21 heavy (non-hydrogen) atoms. The van der Waals surface area contributed by atoms with Crippen LogP contribution < -0.4 is 0 Å². The smallest absolute Gasteiger partial charge is 0.166 e. The third-order valence-corrected chi connectivity index (χ3v) is 5.58.